The van der Waals surface area contributed by atoms with Crippen molar-refractivity contribution >= 4 is 11.3 Å². The first-order valence-corrected chi connectivity index (χ1v) is 7.33. The fraction of sp³-hybridized carbons (Fsp3) is 0.400. The molecule has 0 fully saturated rings. The Morgan fingerprint density at radius 2 is 2.00 bits per heavy atom. The normalized spacial score (nSPS) is 12.6. The summed E-state index contributed by atoms with van der Waals surface area (Å²) < 4.78 is 0. The molecule has 18 heavy (non-hydrogen) atoms. The molecule has 2 nitrogen and oxygen atoms in total. The van der Waals surface area contributed by atoms with Gasteiger partial charge in [-0.3, -0.25) is 4.98 Å². The number of aromatic nitrogens is 1. The number of thiophene rings is 1. The molecular formula is C15H20N2S. The summed E-state index contributed by atoms with van der Waals surface area (Å²) in [6.07, 6.45) is 1.04. The number of nitrogens with one attached hydrogen (secondary N) is 1. The van der Waals surface area contributed by atoms with Crippen LogP contribution >= 0.6 is 11.3 Å². The zero-order chi connectivity index (χ0) is 13.0. The first-order chi connectivity index (χ1) is 8.69. The monoisotopic (exact) mass is 260 g/mol. The molecule has 0 aliphatic carbocycles. The number of likely N-dealkylation sites (N-methyl/N-ethyl adjacent to an activating group) is 1. The van der Waals surface area contributed by atoms with E-state index in [1.807, 2.05) is 0 Å². The van der Waals surface area contributed by atoms with Crippen LogP contribution in [-0.4, -0.2) is 11.5 Å². The Bertz CT molecular complexity index is 471. The van der Waals surface area contributed by atoms with Gasteiger partial charge in [0.05, 0.1) is 0 Å². The molecule has 3 heteroatoms. The number of aryl methyl sites for hydroxylation is 2. The van der Waals surface area contributed by atoms with Crippen LogP contribution in [0.5, 0.6) is 0 Å². The standard InChI is InChI=1S/C15H20N2S/c1-4-16-15(9-13-5-6-18-10-13)14-7-11(2)17-12(3)8-14/h5-8,10,15-16H,4,9H2,1-3H3. The first-order valence-electron chi connectivity index (χ1n) is 6.38. The van der Waals surface area contributed by atoms with E-state index in [0.717, 1.165) is 24.4 Å². The molecule has 0 radical (unpaired) electrons. The van der Waals surface area contributed by atoms with Crippen molar-refractivity contribution in [2.45, 2.75) is 33.2 Å². The molecule has 0 aliphatic heterocycles. The summed E-state index contributed by atoms with van der Waals surface area (Å²) in [5.74, 6) is 0. The smallest absolute Gasteiger partial charge is 0.0379 e. The second kappa shape index (κ2) is 6.12. The predicted molar refractivity (Wildman–Crippen MR) is 78.2 cm³/mol. The highest BCUT2D eigenvalue weighted by Gasteiger charge is 2.12. The van der Waals surface area contributed by atoms with Crippen molar-refractivity contribution in [3.63, 3.8) is 0 Å². The van der Waals surface area contributed by atoms with Gasteiger partial charge in [0, 0.05) is 17.4 Å². The molecule has 0 amide bonds. The van der Waals surface area contributed by atoms with Crippen LogP contribution in [0.15, 0.2) is 29.0 Å². The Morgan fingerprint density at radius 3 is 2.56 bits per heavy atom. The number of pyridine rings is 1. The number of rotatable bonds is 5. The summed E-state index contributed by atoms with van der Waals surface area (Å²) in [5.41, 5.74) is 4.93. The SMILES string of the molecule is CCNC(Cc1ccsc1)c1cc(C)nc(C)c1. The minimum atomic E-state index is 0.380. The number of hydrogen-bond acceptors (Lipinski definition) is 3. The van der Waals surface area contributed by atoms with E-state index in [0.29, 0.717) is 6.04 Å². The van der Waals surface area contributed by atoms with Crippen molar-refractivity contribution in [3.05, 3.63) is 51.5 Å². The van der Waals surface area contributed by atoms with Crippen molar-refractivity contribution < 1.29 is 0 Å². The Balaban J connectivity index is 2.23. The van der Waals surface area contributed by atoms with Gasteiger partial charge in [-0.1, -0.05) is 6.92 Å². The van der Waals surface area contributed by atoms with E-state index in [4.69, 9.17) is 0 Å². The van der Waals surface area contributed by atoms with Gasteiger partial charge >= 0.3 is 0 Å². The van der Waals surface area contributed by atoms with Gasteiger partial charge in [-0.05, 0) is 66.9 Å². The van der Waals surface area contributed by atoms with Gasteiger partial charge in [0.15, 0.2) is 0 Å². The lowest BCUT2D eigenvalue weighted by Crippen LogP contribution is -2.23. The summed E-state index contributed by atoms with van der Waals surface area (Å²) in [6, 6.07) is 6.96. The van der Waals surface area contributed by atoms with Gasteiger partial charge < -0.3 is 5.32 Å². The molecule has 2 aromatic heterocycles. The predicted octanol–water partition coefficient (Wildman–Crippen LogP) is 3.65. The van der Waals surface area contributed by atoms with E-state index in [1.165, 1.54) is 11.1 Å². The minimum Gasteiger partial charge on any atom is -0.310 e. The van der Waals surface area contributed by atoms with Gasteiger partial charge in [0.1, 0.15) is 0 Å². The highest BCUT2D eigenvalue weighted by Crippen LogP contribution is 2.21. The third-order valence-electron chi connectivity index (χ3n) is 2.98. The summed E-state index contributed by atoms with van der Waals surface area (Å²) in [6.45, 7) is 7.25. The Hall–Kier alpha value is -1.19. The molecule has 1 N–H and O–H groups in total. The third kappa shape index (κ3) is 3.40. The minimum absolute atomic E-state index is 0.380. The zero-order valence-electron chi connectivity index (χ0n) is 11.2. The van der Waals surface area contributed by atoms with Crippen LogP contribution in [0.2, 0.25) is 0 Å². The molecule has 1 unspecified atom stereocenters. The Morgan fingerprint density at radius 1 is 1.28 bits per heavy atom. The van der Waals surface area contributed by atoms with Gasteiger partial charge in [-0.25, -0.2) is 0 Å². The maximum Gasteiger partial charge on any atom is 0.0379 e. The van der Waals surface area contributed by atoms with Crippen LogP contribution in [0.4, 0.5) is 0 Å². The molecule has 0 aliphatic rings. The molecule has 0 aromatic carbocycles. The van der Waals surface area contributed by atoms with E-state index in [-0.39, 0.29) is 0 Å². The summed E-state index contributed by atoms with van der Waals surface area (Å²) in [4.78, 5) is 4.45. The first kappa shape index (κ1) is 13.2. The summed E-state index contributed by atoms with van der Waals surface area (Å²) in [5, 5.41) is 7.94. The van der Waals surface area contributed by atoms with E-state index < -0.39 is 0 Å². The maximum absolute atomic E-state index is 4.45. The second-order valence-corrected chi connectivity index (χ2v) is 5.41. The highest BCUT2D eigenvalue weighted by atomic mass is 32.1. The molecule has 2 heterocycles. The maximum atomic E-state index is 4.45. The van der Waals surface area contributed by atoms with Gasteiger partial charge in [0.25, 0.3) is 0 Å². The fourth-order valence-corrected chi connectivity index (χ4v) is 2.95. The van der Waals surface area contributed by atoms with Crippen molar-refractivity contribution in [2.75, 3.05) is 6.54 Å². The second-order valence-electron chi connectivity index (χ2n) is 4.63. The van der Waals surface area contributed by atoms with Crippen molar-refractivity contribution in [3.8, 4) is 0 Å². The van der Waals surface area contributed by atoms with Crippen LogP contribution in [-0.2, 0) is 6.42 Å². The van der Waals surface area contributed by atoms with E-state index in [2.05, 4.69) is 60.0 Å². The lowest BCUT2D eigenvalue weighted by Gasteiger charge is -2.18. The Labute approximate surface area is 113 Å². The largest absolute Gasteiger partial charge is 0.310 e. The average molecular weight is 260 g/mol. The van der Waals surface area contributed by atoms with Crippen molar-refractivity contribution in [1.29, 1.82) is 0 Å². The number of hydrogen-bond donors (Lipinski definition) is 1. The van der Waals surface area contributed by atoms with Gasteiger partial charge in [-0.15, -0.1) is 0 Å². The number of nitrogens with zero attached hydrogens (tertiary/aromatic N) is 1. The topological polar surface area (TPSA) is 24.9 Å². The van der Waals surface area contributed by atoms with Crippen molar-refractivity contribution in [2.24, 2.45) is 0 Å². The molecule has 0 spiro atoms. The van der Waals surface area contributed by atoms with E-state index in [1.54, 1.807) is 11.3 Å². The van der Waals surface area contributed by atoms with E-state index >= 15 is 0 Å². The van der Waals surface area contributed by atoms with Crippen LogP contribution in [0.1, 0.15) is 35.5 Å². The summed E-state index contributed by atoms with van der Waals surface area (Å²) in [7, 11) is 0. The van der Waals surface area contributed by atoms with Gasteiger partial charge in [0.2, 0.25) is 0 Å². The highest BCUT2D eigenvalue weighted by molar-refractivity contribution is 7.07. The average Bonchev–Trinajstić information content (AvgIpc) is 2.80. The zero-order valence-corrected chi connectivity index (χ0v) is 12.1. The van der Waals surface area contributed by atoms with Gasteiger partial charge in [-0.2, -0.15) is 11.3 Å². The molecule has 96 valence electrons. The molecule has 2 rings (SSSR count). The molecule has 0 saturated carbocycles. The van der Waals surface area contributed by atoms with Crippen molar-refractivity contribution in [1.82, 2.24) is 10.3 Å². The molecular weight excluding hydrogens is 240 g/mol. The molecule has 0 bridgehead atoms. The van der Waals surface area contributed by atoms with Crippen LogP contribution in [0.3, 0.4) is 0 Å². The van der Waals surface area contributed by atoms with Crippen LogP contribution < -0.4 is 5.32 Å². The quantitative estimate of drug-likeness (QED) is 0.887. The van der Waals surface area contributed by atoms with E-state index in [9.17, 15) is 0 Å². The van der Waals surface area contributed by atoms with Crippen LogP contribution in [0.25, 0.3) is 0 Å². The molecule has 0 saturated heterocycles. The third-order valence-corrected chi connectivity index (χ3v) is 3.71. The molecule has 1 atom stereocenters. The fourth-order valence-electron chi connectivity index (χ4n) is 2.27. The summed E-state index contributed by atoms with van der Waals surface area (Å²) >= 11 is 1.76. The molecule has 2 aromatic rings. The Kier molecular flexibility index (Phi) is 4.50. The lowest BCUT2D eigenvalue weighted by atomic mass is 10.00. The lowest BCUT2D eigenvalue weighted by molar-refractivity contribution is 0.549. The van der Waals surface area contributed by atoms with Crippen LogP contribution in [0, 0.1) is 13.8 Å².